The quantitative estimate of drug-likeness (QED) is 0.163. The summed E-state index contributed by atoms with van der Waals surface area (Å²) in [4.78, 5) is 0.290. The summed E-state index contributed by atoms with van der Waals surface area (Å²) < 4.78 is 322. The molecule has 10 rings (SSSR count). The van der Waals surface area contributed by atoms with E-state index in [0.717, 1.165) is 0 Å². The molecule has 2 heteroatoms. The Kier molecular flexibility index (Phi) is 2.97. The van der Waals surface area contributed by atoms with Crippen LogP contribution in [0.15, 0.2) is 216 Å². The fraction of sp³-hybridized carbons (Fsp3) is 0. The van der Waals surface area contributed by atoms with Crippen LogP contribution in [0.4, 0.5) is 17.1 Å². The minimum absolute atomic E-state index is 0.290. The molecule has 0 spiro atoms. The second kappa shape index (κ2) is 13.4. The molecule has 0 aliphatic rings. The molecule has 0 N–H and O–H groups in total. The standard InChI is InChI=1S/C52H35NO/c1-4-15-36(16-5-1)41-22-12-23-43(35-41)53(49-28-14-27-48-47-26-13-25-46(51(47)54-52(48)49)37-17-6-2-7-18-37)42-32-29-39(30-33-42)45-34-31-38-19-10-11-24-44(38)50(45)40-20-8-3-9-21-40/h1-35H/i1D,2D,3D,4D,5D,6D,7D,8D,9D,10D,11D,12D,13D,14D,15D,16D,17D,18D,19D,20D,21D,22D,23D,24D,25D,26D,27D,28D,29D,30D,31D,32D,33D,34D,35D. The second-order valence-electron chi connectivity index (χ2n) is 11.0. The van der Waals surface area contributed by atoms with Gasteiger partial charge in [-0.1, -0.05) is 181 Å². The summed E-state index contributed by atoms with van der Waals surface area (Å²) in [6.45, 7) is 0. The van der Waals surface area contributed by atoms with Gasteiger partial charge in [-0.15, -0.1) is 0 Å². The van der Waals surface area contributed by atoms with E-state index in [9.17, 15) is 17.8 Å². The fourth-order valence-electron chi connectivity index (χ4n) is 5.69. The first kappa shape index (κ1) is 11.9. The molecular weight excluding hydrogens is 655 g/mol. The van der Waals surface area contributed by atoms with Crippen molar-refractivity contribution in [2.75, 3.05) is 4.90 Å². The highest BCUT2D eigenvalue weighted by atomic mass is 16.3. The van der Waals surface area contributed by atoms with Gasteiger partial charge in [0, 0.05) is 27.7 Å². The van der Waals surface area contributed by atoms with E-state index in [0.29, 0.717) is 0 Å². The monoisotopic (exact) mass is 724 g/mol. The topological polar surface area (TPSA) is 16.4 Å². The minimum Gasteiger partial charge on any atom is -0.453 e. The van der Waals surface area contributed by atoms with Gasteiger partial charge < -0.3 is 9.32 Å². The first-order chi connectivity index (χ1) is 41.4. The molecule has 0 amide bonds. The van der Waals surface area contributed by atoms with Crippen LogP contribution in [-0.2, 0) is 0 Å². The second-order valence-corrected chi connectivity index (χ2v) is 11.0. The summed E-state index contributed by atoms with van der Waals surface area (Å²) in [7, 11) is 0. The molecule has 254 valence electrons. The summed E-state index contributed by atoms with van der Waals surface area (Å²) >= 11 is 0. The normalized spacial score (nSPS) is 20.4. The predicted molar refractivity (Wildman–Crippen MR) is 228 cm³/mol. The van der Waals surface area contributed by atoms with Crippen molar-refractivity contribution < 1.29 is 52.4 Å². The van der Waals surface area contributed by atoms with Gasteiger partial charge in [0.15, 0.2) is 5.58 Å². The molecule has 0 aliphatic carbocycles. The number of furan rings is 1. The highest BCUT2D eigenvalue weighted by Gasteiger charge is 2.21. The molecule has 0 aliphatic heterocycles. The number of anilines is 3. The molecule has 0 unspecified atom stereocenters. The molecule has 0 fully saturated rings. The van der Waals surface area contributed by atoms with E-state index in [1.165, 1.54) is 0 Å². The molecule has 2 nitrogen and oxygen atoms in total. The Hall–Kier alpha value is -7.16. The van der Waals surface area contributed by atoms with Gasteiger partial charge >= 0.3 is 0 Å². The molecule has 9 aromatic carbocycles. The van der Waals surface area contributed by atoms with Crippen molar-refractivity contribution in [3.63, 3.8) is 0 Å². The number of hydrogen-bond acceptors (Lipinski definition) is 2. The zero-order valence-corrected chi connectivity index (χ0v) is 26.9. The van der Waals surface area contributed by atoms with Crippen molar-refractivity contribution in [1.29, 1.82) is 0 Å². The minimum atomic E-state index is -1.44. The van der Waals surface area contributed by atoms with Crippen molar-refractivity contribution in [3.05, 3.63) is 211 Å². The van der Waals surface area contributed by atoms with Crippen molar-refractivity contribution in [2.45, 2.75) is 0 Å². The van der Waals surface area contributed by atoms with Crippen molar-refractivity contribution in [2.24, 2.45) is 0 Å². The van der Waals surface area contributed by atoms with Crippen LogP contribution >= 0.6 is 0 Å². The van der Waals surface area contributed by atoms with Gasteiger partial charge in [0.1, 0.15) is 5.58 Å². The van der Waals surface area contributed by atoms with Crippen LogP contribution in [0, 0.1) is 0 Å². The molecule has 1 heterocycles. The summed E-state index contributed by atoms with van der Waals surface area (Å²) in [6.07, 6.45) is 0. The summed E-state index contributed by atoms with van der Waals surface area (Å²) in [5.74, 6) is 0. The lowest BCUT2D eigenvalue weighted by Crippen LogP contribution is -2.10. The first-order valence-electron chi connectivity index (χ1n) is 33.1. The third kappa shape index (κ3) is 5.53. The Bertz CT molecular complexity index is 4860. The van der Waals surface area contributed by atoms with E-state index < -0.39 is 306 Å². The maximum Gasteiger partial charge on any atom is 0.159 e. The lowest BCUT2D eigenvalue weighted by molar-refractivity contribution is 0.670. The fourth-order valence-corrected chi connectivity index (χ4v) is 5.69. The smallest absolute Gasteiger partial charge is 0.159 e. The average molecular weight is 725 g/mol. The Balaban J connectivity index is 1.48. The molecule has 0 radical (unpaired) electrons. The van der Waals surface area contributed by atoms with Crippen molar-refractivity contribution in [1.82, 2.24) is 0 Å². The van der Waals surface area contributed by atoms with E-state index >= 15 is 0 Å². The summed E-state index contributed by atoms with van der Waals surface area (Å²) in [6, 6.07) is -39.0. The van der Waals surface area contributed by atoms with Crippen molar-refractivity contribution >= 4 is 49.8 Å². The number of nitrogens with zero attached hydrogens (tertiary/aromatic N) is 1. The van der Waals surface area contributed by atoms with Crippen LogP contribution in [-0.4, -0.2) is 0 Å². The molecule has 0 atom stereocenters. The molecule has 0 bridgehead atoms. The zero-order chi connectivity index (χ0) is 66.3. The molecular formula is C52H35NO. The van der Waals surface area contributed by atoms with Gasteiger partial charge in [0.05, 0.1) is 53.7 Å². The van der Waals surface area contributed by atoms with E-state index in [2.05, 4.69) is 0 Å². The molecule has 0 saturated heterocycles. The van der Waals surface area contributed by atoms with Gasteiger partial charge in [0.2, 0.25) is 0 Å². The van der Waals surface area contributed by atoms with Gasteiger partial charge in [-0.05, 0) is 79.9 Å². The number of fused-ring (bicyclic) bond motifs is 4. The van der Waals surface area contributed by atoms with Crippen molar-refractivity contribution in [3.8, 4) is 44.5 Å². The average Bonchev–Trinajstić information content (AvgIpc) is 1.69. The maximum absolute atomic E-state index is 9.95. The molecule has 1 aromatic heterocycles. The lowest BCUT2D eigenvalue weighted by atomic mass is 9.90. The van der Waals surface area contributed by atoms with Gasteiger partial charge in [0.25, 0.3) is 0 Å². The van der Waals surface area contributed by atoms with E-state index in [1.807, 2.05) is 0 Å². The SMILES string of the molecule is [2H]c1c([2H])c([2H])c(-c2c([2H])c([2H])c([2H])c(N(c3c([2H])c([2H])c(-c4c([2H])c([2H])c5c([2H])c([2H])c([2H])c([2H])c5c4-c4c([2H])c([2H])c([2H])c([2H])c4[2H])c([2H])c3[2H])c3c([2H])c([2H])c([2H])c4c3oc3c(-c5c([2H])c([2H])c([2H])c([2H])c5[2H])c([2H])c([2H])c([2H])c34)c2[2H])c([2H])c1[2H]. The molecule has 10 aromatic rings. The third-order valence-electron chi connectivity index (χ3n) is 7.99. The van der Waals surface area contributed by atoms with Crippen LogP contribution < -0.4 is 4.90 Å². The maximum atomic E-state index is 9.95. The largest absolute Gasteiger partial charge is 0.453 e. The Morgan fingerprint density at radius 3 is 1.69 bits per heavy atom. The van der Waals surface area contributed by atoms with Crippen LogP contribution in [0.5, 0.6) is 0 Å². The summed E-state index contributed by atoms with van der Waals surface area (Å²) in [5, 5.41) is -3.12. The van der Waals surface area contributed by atoms with Gasteiger partial charge in [-0.3, -0.25) is 0 Å². The van der Waals surface area contributed by atoms with E-state index in [4.69, 9.17) is 34.6 Å². The highest BCUT2D eigenvalue weighted by molar-refractivity contribution is 6.13. The third-order valence-corrected chi connectivity index (χ3v) is 7.99. The Morgan fingerprint density at radius 1 is 0.352 bits per heavy atom. The number of rotatable bonds is 7. The summed E-state index contributed by atoms with van der Waals surface area (Å²) in [5.41, 5.74) is -13.2. The highest BCUT2D eigenvalue weighted by Crippen LogP contribution is 2.45. The molecule has 0 saturated carbocycles. The number of hydrogen-bond donors (Lipinski definition) is 0. The van der Waals surface area contributed by atoms with Gasteiger partial charge in [-0.2, -0.15) is 0 Å². The van der Waals surface area contributed by atoms with E-state index in [-0.39, 0.29) is 4.90 Å². The zero-order valence-electron chi connectivity index (χ0n) is 61.9. The number of benzene rings is 9. The predicted octanol–water partition coefficient (Wildman–Crippen LogP) is 14.9. The van der Waals surface area contributed by atoms with Gasteiger partial charge in [-0.25, -0.2) is 0 Å². The first-order valence-corrected chi connectivity index (χ1v) is 15.6. The van der Waals surface area contributed by atoms with Crippen LogP contribution in [0.1, 0.15) is 48.0 Å². The van der Waals surface area contributed by atoms with Crippen LogP contribution in [0.3, 0.4) is 0 Å². The molecule has 54 heavy (non-hydrogen) atoms. The lowest BCUT2D eigenvalue weighted by Gasteiger charge is -2.26. The Morgan fingerprint density at radius 2 is 0.926 bits per heavy atom. The van der Waals surface area contributed by atoms with Crippen LogP contribution in [0.2, 0.25) is 0 Å². The Labute approximate surface area is 364 Å². The van der Waals surface area contributed by atoms with Crippen LogP contribution in [0.25, 0.3) is 77.2 Å². The number of para-hydroxylation sites is 2. The van der Waals surface area contributed by atoms with E-state index in [1.54, 1.807) is 0 Å².